The number of hydrogen-bond acceptors (Lipinski definition) is 2. The van der Waals surface area contributed by atoms with E-state index in [0.717, 1.165) is 6.42 Å². The fraction of sp³-hybridized carbons (Fsp3) is 0.500. The summed E-state index contributed by atoms with van der Waals surface area (Å²) < 4.78 is 5.68. The Kier molecular flexibility index (Phi) is 4.63. The lowest BCUT2D eigenvalue weighted by Crippen LogP contribution is -2.28. The Morgan fingerprint density at radius 2 is 1.86 bits per heavy atom. The smallest absolute Gasteiger partial charge is 0.0740 e. The van der Waals surface area contributed by atoms with Crippen LogP contribution in [0.4, 0.5) is 0 Å². The molecule has 1 atom stereocenters. The predicted molar refractivity (Wildman–Crippen MR) is 59.2 cm³/mol. The van der Waals surface area contributed by atoms with Gasteiger partial charge in [-0.05, 0) is 25.8 Å². The molecular weight excluding hydrogens is 174 g/mol. The minimum atomic E-state index is 0.136. The molecule has 1 rings (SSSR count). The molecule has 0 aliphatic rings. The average Bonchev–Trinajstić information content (AvgIpc) is 2.17. The lowest BCUT2D eigenvalue weighted by atomic mass is 10.1. The van der Waals surface area contributed by atoms with Crippen molar-refractivity contribution < 1.29 is 4.74 Å². The Morgan fingerprint density at radius 3 is 2.36 bits per heavy atom. The number of benzene rings is 1. The van der Waals surface area contributed by atoms with Crippen molar-refractivity contribution in [2.24, 2.45) is 5.73 Å². The second kappa shape index (κ2) is 5.78. The first kappa shape index (κ1) is 11.2. The summed E-state index contributed by atoms with van der Waals surface area (Å²) in [6, 6.07) is 10.3. The molecule has 0 radical (unpaired) electrons. The van der Waals surface area contributed by atoms with E-state index in [4.69, 9.17) is 10.5 Å². The molecule has 78 valence electrons. The standard InChI is InChI=1S/C12H19NO/c1-10(2)14-12(9-13)8-11-6-4-3-5-7-11/h3-7,10,12H,8-9,13H2,1-2H3. The highest BCUT2D eigenvalue weighted by Gasteiger charge is 2.09. The third kappa shape index (κ3) is 3.90. The molecule has 0 saturated carbocycles. The van der Waals surface area contributed by atoms with Crippen molar-refractivity contribution >= 4 is 0 Å². The summed E-state index contributed by atoms with van der Waals surface area (Å²) >= 11 is 0. The summed E-state index contributed by atoms with van der Waals surface area (Å²) in [5, 5.41) is 0. The Hall–Kier alpha value is -0.860. The van der Waals surface area contributed by atoms with Crippen molar-refractivity contribution in [1.29, 1.82) is 0 Å². The molecule has 0 saturated heterocycles. The van der Waals surface area contributed by atoms with Crippen LogP contribution in [-0.2, 0) is 11.2 Å². The summed E-state index contributed by atoms with van der Waals surface area (Å²) in [6.45, 7) is 4.65. The molecule has 0 fully saturated rings. The molecule has 0 heterocycles. The lowest BCUT2D eigenvalue weighted by molar-refractivity contribution is 0.0137. The maximum Gasteiger partial charge on any atom is 0.0740 e. The van der Waals surface area contributed by atoms with E-state index in [1.807, 2.05) is 32.0 Å². The van der Waals surface area contributed by atoms with Gasteiger partial charge in [0.2, 0.25) is 0 Å². The molecule has 1 aromatic rings. The van der Waals surface area contributed by atoms with Crippen LogP contribution in [-0.4, -0.2) is 18.8 Å². The van der Waals surface area contributed by atoms with Crippen LogP contribution < -0.4 is 5.73 Å². The van der Waals surface area contributed by atoms with Gasteiger partial charge < -0.3 is 10.5 Å². The number of hydrogen-bond donors (Lipinski definition) is 1. The van der Waals surface area contributed by atoms with Crippen molar-refractivity contribution in [3.05, 3.63) is 35.9 Å². The van der Waals surface area contributed by atoms with E-state index < -0.39 is 0 Å². The molecule has 1 aromatic carbocycles. The van der Waals surface area contributed by atoms with Crippen LogP contribution in [0.3, 0.4) is 0 Å². The molecule has 0 aromatic heterocycles. The van der Waals surface area contributed by atoms with Crippen LogP contribution in [0.15, 0.2) is 30.3 Å². The van der Waals surface area contributed by atoms with Gasteiger partial charge in [-0.25, -0.2) is 0 Å². The average molecular weight is 193 g/mol. The van der Waals surface area contributed by atoms with Gasteiger partial charge in [-0.1, -0.05) is 30.3 Å². The van der Waals surface area contributed by atoms with Crippen LogP contribution in [0.2, 0.25) is 0 Å². The fourth-order valence-electron chi connectivity index (χ4n) is 1.45. The number of rotatable bonds is 5. The maximum atomic E-state index is 5.68. The van der Waals surface area contributed by atoms with Crippen LogP contribution in [0.1, 0.15) is 19.4 Å². The van der Waals surface area contributed by atoms with Gasteiger partial charge in [0.05, 0.1) is 12.2 Å². The van der Waals surface area contributed by atoms with Crippen molar-refractivity contribution in [2.75, 3.05) is 6.54 Å². The molecule has 0 amide bonds. The number of ether oxygens (including phenoxy) is 1. The number of nitrogens with two attached hydrogens (primary N) is 1. The maximum absolute atomic E-state index is 5.68. The molecule has 0 spiro atoms. The van der Waals surface area contributed by atoms with Gasteiger partial charge >= 0.3 is 0 Å². The zero-order chi connectivity index (χ0) is 10.4. The lowest BCUT2D eigenvalue weighted by Gasteiger charge is -2.18. The van der Waals surface area contributed by atoms with Crippen LogP contribution >= 0.6 is 0 Å². The Morgan fingerprint density at radius 1 is 1.21 bits per heavy atom. The fourth-order valence-corrected chi connectivity index (χ4v) is 1.45. The van der Waals surface area contributed by atoms with Crippen molar-refractivity contribution in [3.8, 4) is 0 Å². The predicted octanol–water partition coefficient (Wildman–Crippen LogP) is 1.98. The van der Waals surface area contributed by atoms with Gasteiger partial charge in [-0.3, -0.25) is 0 Å². The molecular formula is C12H19NO. The Labute approximate surface area is 86.1 Å². The highest BCUT2D eigenvalue weighted by Crippen LogP contribution is 2.06. The minimum Gasteiger partial charge on any atom is -0.374 e. The topological polar surface area (TPSA) is 35.2 Å². The van der Waals surface area contributed by atoms with E-state index in [1.165, 1.54) is 5.56 Å². The molecule has 2 N–H and O–H groups in total. The summed E-state index contributed by atoms with van der Waals surface area (Å²) in [7, 11) is 0. The van der Waals surface area contributed by atoms with Gasteiger partial charge in [-0.15, -0.1) is 0 Å². The van der Waals surface area contributed by atoms with E-state index in [0.29, 0.717) is 6.54 Å². The van der Waals surface area contributed by atoms with E-state index >= 15 is 0 Å². The minimum absolute atomic E-state index is 0.136. The highest BCUT2D eigenvalue weighted by molar-refractivity contribution is 5.15. The first-order chi connectivity index (χ1) is 6.72. The van der Waals surface area contributed by atoms with E-state index in [9.17, 15) is 0 Å². The quantitative estimate of drug-likeness (QED) is 0.776. The Balaban J connectivity index is 2.48. The monoisotopic (exact) mass is 193 g/mol. The zero-order valence-electron chi connectivity index (χ0n) is 8.94. The largest absolute Gasteiger partial charge is 0.374 e. The molecule has 0 bridgehead atoms. The van der Waals surface area contributed by atoms with Crippen molar-refractivity contribution in [1.82, 2.24) is 0 Å². The molecule has 0 aliphatic heterocycles. The summed E-state index contributed by atoms with van der Waals surface area (Å²) in [4.78, 5) is 0. The Bertz CT molecular complexity index is 246. The first-order valence-electron chi connectivity index (χ1n) is 5.12. The second-order valence-corrected chi connectivity index (χ2v) is 3.73. The summed E-state index contributed by atoms with van der Waals surface area (Å²) in [6.07, 6.45) is 1.28. The van der Waals surface area contributed by atoms with E-state index in [1.54, 1.807) is 0 Å². The van der Waals surface area contributed by atoms with Gasteiger partial charge in [0.15, 0.2) is 0 Å². The van der Waals surface area contributed by atoms with Gasteiger partial charge in [0, 0.05) is 6.54 Å². The van der Waals surface area contributed by atoms with Crippen LogP contribution in [0.5, 0.6) is 0 Å². The third-order valence-corrected chi connectivity index (χ3v) is 2.03. The molecule has 0 aliphatic carbocycles. The molecule has 1 unspecified atom stereocenters. The van der Waals surface area contributed by atoms with Gasteiger partial charge in [-0.2, -0.15) is 0 Å². The van der Waals surface area contributed by atoms with Crippen LogP contribution in [0, 0.1) is 0 Å². The van der Waals surface area contributed by atoms with Crippen LogP contribution in [0.25, 0.3) is 0 Å². The van der Waals surface area contributed by atoms with E-state index in [-0.39, 0.29) is 12.2 Å². The molecule has 2 heteroatoms. The third-order valence-electron chi connectivity index (χ3n) is 2.03. The summed E-state index contributed by atoms with van der Waals surface area (Å²) in [5.41, 5.74) is 6.93. The first-order valence-corrected chi connectivity index (χ1v) is 5.12. The zero-order valence-corrected chi connectivity index (χ0v) is 8.94. The summed E-state index contributed by atoms with van der Waals surface area (Å²) in [5.74, 6) is 0. The van der Waals surface area contributed by atoms with Gasteiger partial charge in [0.1, 0.15) is 0 Å². The van der Waals surface area contributed by atoms with E-state index in [2.05, 4.69) is 12.1 Å². The van der Waals surface area contributed by atoms with Crippen molar-refractivity contribution in [3.63, 3.8) is 0 Å². The SMILES string of the molecule is CC(C)OC(CN)Cc1ccccc1. The second-order valence-electron chi connectivity index (χ2n) is 3.73. The highest BCUT2D eigenvalue weighted by atomic mass is 16.5. The normalized spacial score (nSPS) is 13.1. The van der Waals surface area contributed by atoms with Crippen molar-refractivity contribution in [2.45, 2.75) is 32.5 Å². The molecule has 14 heavy (non-hydrogen) atoms. The molecule has 2 nitrogen and oxygen atoms in total. The van der Waals surface area contributed by atoms with Gasteiger partial charge in [0.25, 0.3) is 0 Å².